The predicted molar refractivity (Wildman–Crippen MR) is 66.1 cm³/mol. The lowest BCUT2D eigenvalue weighted by atomic mass is 10.1. The van der Waals surface area contributed by atoms with Crippen LogP contribution in [0.1, 0.15) is 27.2 Å². The minimum Gasteiger partial charge on any atom is -0.392 e. The Balaban J connectivity index is 3.72. The zero-order valence-corrected chi connectivity index (χ0v) is 11.0. The van der Waals surface area contributed by atoms with Gasteiger partial charge in [-0.15, -0.1) is 0 Å². The van der Waals surface area contributed by atoms with Crippen LogP contribution in [0.25, 0.3) is 0 Å². The lowest BCUT2D eigenvalue weighted by molar-refractivity contribution is 0.0770. The molecule has 1 unspecified atom stereocenters. The van der Waals surface area contributed by atoms with E-state index in [0.717, 1.165) is 26.2 Å². The van der Waals surface area contributed by atoms with Crippen molar-refractivity contribution in [3.05, 3.63) is 0 Å². The standard InChI is InChI=1S/C12H28N2O/c1-6-14(9-7-8-13(4)5)10-12(15)11(2)3/h11-12,15H,6-10H2,1-5H3. The molecule has 0 rings (SSSR count). The highest BCUT2D eigenvalue weighted by atomic mass is 16.3. The molecule has 0 radical (unpaired) electrons. The van der Waals surface area contributed by atoms with Crippen LogP contribution in [0.5, 0.6) is 0 Å². The number of likely N-dealkylation sites (N-methyl/N-ethyl adjacent to an activating group) is 1. The van der Waals surface area contributed by atoms with Crippen molar-refractivity contribution < 1.29 is 5.11 Å². The van der Waals surface area contributed by atoms with Gasteiger partial charge in [0, 0.05) is 6.54 Å². The SMILES string of the molecule is CCN(CCCN(C)C)CC(O)C(C)C. The van der Waals surface area contributed by atoms with Gasteiger partial charge in [0.05, 0.1) is 6.10 Å². The number of aliphatic hydroxyl groups excluding tert-OH is 1. The quantitative estimate of drug-likeness (QED) is 0.662. The second kappa shape index (κ2) is 8.08. The van der Waals surface area contributed by atoms with Crippen LogP contribution in [-0.2, 0) is 0 Å². The average molecular weight is 216 g/mol. The van der Waals surface area contributed by atoms with Crippen molar-refractivity contribution in [2.45, 2.75) is 33.3 Å². The molecule has 0 aliphatic rings. The molecule has 0 amide bonds. The zero-order valence-electron chi connectivity index (χ0n) is 11.0. The Kier molecular flexibility index (Phi) is 8.02. The Morgan fingerprint density at radius 2 is 1.73 bits per heavy atom. The van der Waals surface area contributed by atoms with Crippen LogP contribution in [0.3, 0.4) is 0 Å². The first-order valence-corrected chi connectivity index (χ1v) is 6.02. The van der Waals surface area contributed by atoms with Crippen molar-refractivity contribution in [3.8, 4) is 0 Å². The second-order valence-electron chi connectivity index (χ2n) is 4.86. The van der Waals surface area contributed by atoms with Crippen LogP contribution < -0.4 is 0 Å². The summed E-state index contributed by atoms with van der Waals surface area (Å²) in [6.07, 6.45) is 0.982. The molecule has 0 aromatic heterocycles. The Bertz CT molecular complexity index is 149. The third-order valence-electron chi connectivity index (χ3n) is 2.74. The summed E-state index contributed by atoms with van der Waals surface area (Å²) in [5.74, 6) is 0.355. The maximum atomic E-state index is 9.78. The van der Waals surface area contributed by atoms with E-state index in [2.05, 4.69) is 44.7 Å². The van der Waals surface area contributed by atoms with Crippen LogP contribution >= 0.6 is 0 Å². The Morgan fingerprint density at radius 1 is 1.13 bits per heavy atom. The average Bonchev–Trinajstić information content (AvgIpc) is 2.15. The van der Waals surface area contributed by atoms with Crippen LogP contribution in [0.2, 0.25) is 0 Å². The van der Waals surface area contributed by atoms with E-state index in [1.54, 1.807) is 0 Å². The van der Waals surface area contributed by atoms with Gasteiger partial charge in [0.2, 0.25) is 0 Å². The molecule has 0 aliphatic heterocycles. The van der Waals surface area contributed by atoms with E-state index in [9.17, 15) is 5.11 Å². The summed E-state index contributed by atoms with van der Waals surface area (Å²) in [4.78, 5) is 4.53. The third kappa shape index (κ3) is 7.77. The van der Waals surface area contributed by atoms with Crippen molar-refractivity contribution in [1.29, 1.82) is 0 Å². The van der Waals surface area contributed by atoms with Crippen molar-refractivity contribution in [2.75, 3.05) is 40.3 Å². The molecule has 15 heavy (non-hydrogen) atoms. The molecule has 0 saturated heterocycles. The van der Waals surface area contributed by atoms with Crippen LogP contribution in [-0.4, -0.2) is 61.3 Å². The zero-order chi connectivity index (χ0) is 11.8. The van der Waals surface area contributed by atoms with E-state index >= 15 is 0 Å². The van der Waals surface area contributed by atoms with Crippen molar-refractivity contribution in [2.24, 2.45) is 5.92 Å². The Morgan fingerprint density at radius 3 is 2.13 bits per heavy atom. The van der Waals surface area contributed by atoms with Crippen LogP contribution in [0.4, 0.5) is 0 Å². The molecule has 1 N–H and O–H groups in total. The summed E-state index contributed by atoms with van der Waals surface area (Å²) in [6.45, 7) is 10.3. The van der Waals surface area contributed by atoms with E-state index in [1.807, 2.05) is 0 Å². The number of aliphatic hydroxyl groups is 1. The lowest BCUT2D eigenvalue weighted by Crippen LogP contribution is -2.36. The van der Waals surface area contributed by atoms with Gasteiger partial charge in [0.25, 0.3) is 0 Å². The molecular weight excluding hydrogens is 188 g/mol. The van der Waals surface area contributed by atoms with Gasteiger partial charge in [-0.05, 0) is 46.1 Å². The van der Waals surface area contributed by atoms with Gasteiger partial charge < -0.3 is 14.9 Å². The van der Waals surface area contributed by atoms with E-state index in [4.69, 9.17) is 0 Å². The van der Waals surface area contributed by atoms with Gasteiger partial charge in [-0.1, -0.05) is 20.8 Å². The molecule has 0 spiro atoms. The van der Waals surface area contributed by atoms with Gasteiger partial charge in [0.1, 0.15) is 0 Å². The number of rotatable bonds is 8. The summed E-state index contributed by atoms with van der Waals surface area (Å²) >= 11 is 0. The molecule has 0 aromatic carbocycles. The number of hydrogen-bond acceptors (Lipinski definition) is 3. The molecule has 0 fully saturated rings. The van der Waals surface area contributed by atoms with Crippen molar-refractivity contribution >= 4 is 0 Å². The highest BCUT2D eigenvalue weighted by molar-refractivity contribution is 4.66. The second-order valence-corrected chi connectivity index (χ2v) is 4.86. The molecule has 3 heteroatoms. The summed E-state index contributed by atoms with van der Waals surface area (Å²) < 4.78 is 0. The number of hydrogen-bond donors (Lipinski definition) is 1. The molecular formula is C12H28N2O. The predicted octanol–water partition coefficient (Wildman–Crippen LogP) is 1.28. The first-order valence-electron chi connectivity index (χ1n) is 6.02. The maximum absolute atomic E-state index is 9.78. The maximum Gasteiger partial charge on any atom is 0.0689 e. The fourth-order valence-electron chi connectivity index (χ4n) is 1.46. The van der Waals surface area contributed by atoms with Gasteiger partial charge in [-0.3, -0.25) is 0 Å². The van der Waals surface area contributed by atoms with Crippen molar-refractivity contribution in [3.63, 3.8) is 0 Å². The number of nitrogens with zero attached hydrogens (tertiary/aromatic N) is 2. The molecule has 3 nitrogen and oxygen atoms in total. The first-order chi connectivity index (χ1) is 6.97. The largest absolute Gasteiger partial charge is 0.392 e. The minimum absolute atomic E-state index is 0.190. The highest BCUT2D eigenvalue weighted by Crippen LogP contribution is 2.04. The van der Waals surface area contributed by atoms with Crippen molar-refractivity contribution in [1.82, 2.24) is 9.80 Å². The summed E-state index contributed by atoms with van der Waals surface area (Å²) in [7, 11) is 4.19. The Hall–Kier alpha value is -0.120. The van der Waals surface area contributed by atoms with Gasteiger partial charge in [0.15, 0.2) is 0 Å². The molecule has 92 valence electrons. The molecule has 0 heterocycles. The highest BCUT2D eigenvalue weighted by Gasteiger charge is 2.13. The summed E-state index contributed by atoms with van der Waals surface area (Å²) in [6, 6.07) is 0. The van der Waals surface area contributed by atoms with Gasteiger partial charge in [-0.2, -0.15) is 0 Å². The molecule has 0 saturated carbocycles. The van der Waals surface area contributed by atoms with E-state index in [0.29, 0.717) is 5.92 Å². The first kappa shape index (κ1) is 14.9. The monoisotopic (exact) mass is 216 g/mol. The molecule has 0 bridgehead atoms. The topological polar surface area (TPSA) is 26.7 Å². The minimum atomic E-state index is -0.190. The summed E-state index contributed by atoms with van der Waals surface area (Å²) in [5, 5.41) is 9.78. The van der Waals surface area contributed by atoms with Crippen LogP contribution in [0.15, 0.2) is 0 Å². The van der Waals surface area contributed by atoms with E-state index in [1.165, 1.54) is 6.42 Å². The fourth-order valence-corrected chi connectivity index (χ4v) is 1.46. The normalized spacial score (nSPS) is 14.2. The molecule has 0 aromatic rings. The summed E-state index contributed by atoms with van der Waals surface area (Å²) in [5.41, 5.74) is 0. The fraction of sp³-hybridized carbons (Fsp3) is 1.00. The van der Waals surface area contributed by atoms with Crippen LogP contribution in [0, 0.1) is 5.92 Å². The smallest absolute Gasteiger partial charge is 0.0689 e. The molecule has 0 aliphatic carbocycles. The van der Waals surface area contributed by atoms with E-state index < -0.39 is 0 Å². The van der Waals surface area contributed by atoms with Gasteiger partial charge in [-0.25, -0.2) is 0 Å². The third-order valence-corrected chi connectivity index (χ3v) is 2.74. The molecule has 1 atom stereocenters. The van der Waals surface area contributed by atoms with Gasteiger partial charge >= 0.3 is 0 Å². The van der Waals surface area contributed by atoms with E-state index in [-0.39, 0.29) is 6.10 Å². The lowest BCUT2D eigenvalue weighted by Gasteiger charge is -2.25. The Labute approximate surface area is 95.1 Å².